The third-order valence-electron chi connectivity index (χ3n) is 9.99. The van der Waals surface area contributed by atoms with Crippen LogP contribution in [-0.4, -0.2) is 0 Å². The maximum atomic E-state index is 2.47. The Hall–Kier alpha value is -5.90. The molecule has 246 valence electrons. The molecule has 0 saturated carbocycles. The lowest BCUT2D eigenvalue weighted by Gasteiger charge is -2.32. The molecule has 51 heavy (non-hydrogen) atoms. The summed E-state index contributed by atoms with van der Waals surface area (Å²) in [6.45, 7) is 0. The molecular formula is C48H38N2S. The van der Waals surface area contributed by atoms with Crippen molar-refractivity contribution < 1.29 is 0 Å². The highest BCUT2D eigenvalue weighted by atomic mass is 32.1. The van der Waals surface area contributed by atoms with E-state index in [9.17, 15) is 0 Å². The Balaban J connectivity index is 1.24. The van der Waals surface area contributed by atoms with Gasteiger partial charge in [-0.25, -0.2) is 0 Å². The quantitative estimate of drug-likeness (QED) is 0.158. The van der Waals surface area contributed by atoms with E-state index in [0.717, 1.165) is 42.0 Å². The van der Waals surface area contributed by atoms with E-state index in [4.69, 9.17) is 0 Å². The Morgan fingerprint density at radius 1 is 0.510 bits per heavy atom. The van der Waals surface area contributed by atoms with Gasteiger partial charge in [-0.2, -0.15) is 0 Å². The first-order chi connectivity index (χ1) is 25.3. The van der Waals surface area contributed by atoms with E-state index in [1.165, 1.54) is 48.3 Å². The van der Waals surface area contributed by atoms with Crippen LogP contribution in [0.2, 0.25) is 0 Å². The van der Waals surface area contributed by atoms with Gasteiger partial charge in [0.25, 0.3) is 0 Å². The molecule has 0 radical (unpaired) electrons. The fraction of sp³-hybridized carbons (Fsp3) is 0.0833. The number of nitrogens with zero attached hydrogens (tertiary/aromatic N) is 2. The molecular weight excluding hydrogens is 637 g/mol. The molecule has 1 atom stereocenters. The second kappa shape index (κ2) is 13.8. The van der Waals surface area contributed by atoms with Gasteiger partial charge in [-0.05, 0) is 96.6 Å². The number of fused-ring (bicyclic) bond motifs is 3. The average Bonchev–Trinajstić information content (AvgIpc) is 3.59. The average molecular weight is 675 g/mol. The van der Waals surface area contributed by atoms with Gasteiger partial charge in [0, 0.05) is 49.8 Å². The maximum absolute atomic E-state index is 2.47. The summed E-state index contributed by atoms with van der Waals surface area (Å²) in [5.74, 6) is 0.408. The van der Waals surface area contributed by atoms with Crippen LogP contribution in [-0.2, 0) is 0 Å². The van der Waals surface area contributed by atoms with Crippen molar-refractivity contribution in [3.8, 4) is 11.1 Å². The molecule has 0 amide bonds. The maximum Gasteiger partial charge on any atom is 0.0661 e. The van der Waals surface area contributed by atoms with E-state index >= 15 is 0 Å². The predicted molar refractivity (Wildman–Crippen MR) is 220 cm³/mol. The van der Waals surface area contributed by atoms with Gasteiger partial charge in [0.1, 0.15) is 0 Å². The van der Waals surface area contributed by atoms with Gasteiger partial charge in [-0.1, -0.05) is 127 Å². The number of rotatable bonds is 8. The zero-order valence-corrected chi connectivity index (χ0v) is 29.2. The number of hydrogen-bond acceptors (Lipinski definition) is 3. The van der Waals surface area contributed by atoms with Crippen LogP contribution in [0.1, 0.15) is 19.3 Å². The molecule has 3 heteroatoms. The summed E-state index contributed by atoms with van der Waals surface area (Å²) in [7, 11) is 0. The van der Waals surface area contributed by atoms with Crippen molar-refractivity contribution in [2.45, 2.75) is 19.3 Å². The predicted octanol–water partition coefficient (Wildman–Crippen LogP) is 14.1. The van der Waals surface area contributed by atoms with E-state index in [1.54, 1.807) is 0 Å². The van der Waals surface area contributed by atoms with Gasteiger partial charge < -0.3 is 9.80 Å². The van der Waals surface area contributed by atoms with Gasteiger partial charge in [0.05, 0.1) is 10.4 Å². The molecule has 1 heterocycles. The number of allylic oxidation sites excluding steroid dienone is 7. The van der Waals surface area contributed by atoms with Gasteiger partial charge in [-0.3, -0.25) is 0 Å². The Bertz CT molecular complexity index is 2430. The molecule has 0 bridgehead atoms. The molecule has 2 nitrogen and oxygen atoms in total. The molecule has 9 rings (SSSR count). The topological polar surface area (TPSA) is 6.48 Å². The van der Waals surface area contributed by atoms with Crippen molar-refractivity contribution in [1.82, 2.24) is 0 Å². The zero-order valence-electron chi connectivity index (χ0n) is 28.4. The lowest BCUT2D eigenvalue weighted by atomic mass is 9.88. The highest BCUT2D eigenvalue weighted by Gasteiger charge is 2.24. The van der Waals surface area contributed by atoms with Crippen LogP contribution in [0.25, 0.3) is 31.3 Å². The molecule has 1 aromatic heterocycles. The van der Waals surface area contributed by atoms with Crippen LogP contribution in [0.4, 0.5) is 28.4 Å². The van der Waals surface area contributed by atoms with Crippen LogP contribution in [0.15, 0.2) is 199 Å². The fourth-order valence-corrected chi connectivity index (χ4v) is 8.67. The largest absolute Gasteiger partial charge is 0.310 e. The smallest absolute Gasteiger partial charge is 0.0661 e. The molecule has 7 aromatic rings. The van der Waals surface area contributed by atoms with Gasteiger partial charge in [0.15, 0.2) is 0 Å². The molecule has 0 saturated heterocycles. The van der Waals surface area contributed by atoms with Crippen LogP contribution in [0.3, 0.4) is 0 Å². The van der Waals surface area contributed by atoms with Crippen molar-refractivity contribution in [2.75, 3.05) is 9.80 Å². The summed E-state index contributed by atoms with van der Waals surface area (Å²) in [6, 6.07) is 54.8. The van der Waals surface area contributed by atoms with Crippen LogP contribution in [0.5, 0.6) is 0 Å². The van der Waals surface area contributed by atoms with Gasteiger partial charge in [0.2, 0.25) is 0 Å². The summed E-state index contributed by atoms with van der Waals surface area (Å²) in [6.07, 6.45) is 17.5. The van der Waals surface area contributed by atoms with Gasteiger partial charge >= 0.3 is 0 Å². The summed E-state index contributed by atoms with van der Waals surface area (Å²) < 4.78 is 2.58. The first-order valence-corrected chi connectivity index (χ1v) is 18.7. The molecule has 0 N–H and O–H groups in total. The molecule has 2 aliphatic rings. The van der Waals surface area contributed by atoms with Crippen LogP contribution >= 0.6 is 11.3 Å². The number of anilines is 5. The van der Waals surface area contributed by atoms with E-state index in [1.807, 2.05) is 11.3 Å². The van der Waals surface area contributed by atoms with Crippen molar-refractivity contribution in [1.29, 1.82) is 0 Å². The summed E-state index contributed by atoms with van der Waals surface area (Å²) >= 11 is 1.88. The van der Waals surface area contributed by atoms with E-state index in [-0.39, 0.29) is 0 Å². The Kier molecular flexibility index (Phi) is 8.41. The summed E-state index contributed by atoms with van der Waals surface area (Å²) in [5.41, 5.74) is 10.7. The number of thiophene rings is 1. The zero-order chi connectivity index (χ0) is 34.0. The van der Waals surface area contributed by atoms with Crippen molar-refractivity contribution >= 4 is 59.9 Å². The highest BCUT2D eigenvalue weighted by Crippen LogP contribution is 2.48. The van der Waals surface area contributed by atoms with Crippen molar-refractivity contribution in [2.24, 2.45) is 5.92 Å². The normalized spacial score (nSPS) is 15.5. The van der Waals surface area contributed by atoms with E-state index in [2.05, 4.69) is 198 Å². The van der Waals surface area contributed by atoms with Gasteiger partial charge in [-0.15, -0.1) is 11.3 Å². The first-order valence-electron chi connectivity index (χ1n) is 17.9. The first kappa shape index (κ1) is 31.1. The molecule has 6 aromatic carbocycles. The summed E-state index contributed by atoms with van der Waals surface area (Å²) in [4.78, 5) is 4.87. The standard InChI is InChI=1S/C48H38N2S/c1-5-15-35(16-6-1)37-25-29-41(30-26-37)49(39-19-9-3-10-20-39)43-33-45-44-23-13-14-24-47(44)51-48(45)46(34-43)50(40-21-11-4-12-22-40)42-31-27-38(28-32-42)36-17-7-2-8-18-36/h1,3-7,9-27,29-34,38H,2,8,28H2. The van der Waals surface area contributed by atoms with Crippen LogP contribution < -0.4 is 9.80 Å². The monoisotopic (exact) mass is 674 g/mol. The second-order valence-electron chi connectivity index (χ2n) is 13.2. The summed E-state index contributed by atoms with van der Waals surface area (Å²) in [5, 5.41) is 2.55. The van der Waals surface area contributed by atoms with Crippen LogP contribution in [0, 0.1) is 5.92 Å². The SMILES string of the molecule is C1=CC(C2C=CC(N(c3ccccc3)c3cc(N(c4ccccc4)c4ccc(-c5ccccc5)cc4)cc4c3sc3ccccc34)=CC2)=CCC1. The third-order valence-corrected chi connectivity index (χ3v) is 11.2. The molecule has 1 unspecified atom stereocenters. The number of benzene rings is 6. The Morgan fingerprint density at radius 3 is 1.84 bits per heavy atom. The molecule has 0 aliphatic heterocycles. The Labute approximate surface area is 304 Å². The lowest BCUT2D eigenvalue weighted by Crippen LogP contribution is -2.19. The minimum Gasteiger partial charge on any atom is -0.310 e. The minimum atomic E-state index is 0.408. The molecule has 0 spiro atoms. The lowest BCUT2D eigenvalue weighted by molar-refractivity contribution is 0.762. The fourth-order valence-electron chi connectivity index (χ4n) is 7.48. The highest BCUT2D eigenvalue weighted by molar-refractivity contribution is 7.26. The van der Waals surface area contributed by atoms with E-state index in [0.29, 0.717) is 5.92 Å². The van der Waals surface area contributed by atoms with Crippen molar-refractivity contribution in [3.05, 3.63) is 199 Å². The number of hydrogen-bond donors (Lipinski definition) is 0. The third kappa shape index (κ3) is 6.11. The van der Waals surface area contributed by atoms with Crippen molar-refractivity contribution in [3.63, 3.8) is 0 Å². The number of para-hydroxylation sites is 2. The minimum absolute atomic E-state index is 0.408. The Morgan fingerprint density at radius 2 is 1.16 bits per heavy atom. The molecule has 2 aliphatic carbocycles. The second-order valence-corrected chi connectivity index (χ2v) is 14.3. The molecule has 0 fully saturated rings. The van der Waals surface area contributed by atoms with E-state index < -0.39 is 0 Å².